The van der Waals surface area contributed by atoms with Crippen LogP contribution in [0.3, 0.4) is 0 Å². The summed E-state index contributed by atoms with van der Waals surface area (Å²) in [5.74, 6) is 0.221. The van der Waals surface area contributed by atoms with Crippen molar-refractivity contribution < 1.29 is 4.79 Å². The Labute approximate surface area is 126 Å². The van der Waals surface area contributed by atoms with Crippen molar-refractivity contribution in [3.05, 3.63) is 71.8 Å². The van der Waals surface area contributed by atoms with E-state index in [4.69, 9.17) is 0 Å². The van der Waals surface area contributed by atoms with Gasteiger partial charge in [0.15, 0.2) is 0 Å². The number of amides is 1. The highest BCUT2D eigenvalue weighted by Crippen LogP contribution is 2.27. The summed E-state index contributed by atoms with van der Waals surface area (Å²) in [5.41, 5.74) is 2.50. The van der Waals surface area contributed by atoms with Crippen molar-refractivity contribution in [2.24, 2.45) is 0 Å². The number of nitrogens with one attached hydrogen (secondary N) is 2. The Morgan fingerprint density at radius 3 is 1.86 bits per heavy atom. The molecule has 0 fully saturated rings. The molecule has 0 aromatic heterocycles. The van der Waals surface area contributed by atoms with Crippen LogP contribution in [0.15, 0.2) is 60.7 Å². The first-order chi connectivity index (χ1) is 10.2. The summed E-state index contributed by atoms with van der Waals surface area (Å²) in [6.45, 7) is 2.45. The van der Waals surface area contributed by atoms with E-state index in [1.54, 1.807) is 7.05 Å². The van der Waals surface area contributed by atoms with Gasteiger partial charge in [0.2, 0.25) is 5.91 Å². The first-order valence-corrected chi connectivity index (χ1v) is 7.26. The summed E-state index contributed by atoms with van der Waals surface area (Å²) in [5, 5.41) is 5.96. The minimum atomic E-state index is 0.00160. The molecule has 0 saturated heterocycles. The van der Waals surface area contributed by atoms with Crippen molar-refractivity contribution in [1.82, 2.24) is 10.6 Å². The van der Waals surface area contributed by atoms with Gasteiger partial charge in [-0.3, -0.25) is 4.79 Å². The molecule has 0 heterocycles. The zero-order valence-corrected chi connectivity index (χ0v) is 12.5. The third-order valence-electron chi connectivity index (χ3n) is 3.68. The maximum atomic E-state index is 11.4. The third-order valence-corrected chi connectivity index (χ3v) is 3.68. The lowest BCUT2D eigenvalue weighted by Crippen LogP contribution is -2.39. The van der Waals surface area contributed by atoms with Crippen molar-refractivity contribution in [2.45, 2.75) is 18.9 Å². The van der Waals surface area contributed by atoms with Gasteiger partial charge in [-0.25, -0.2) is 0 Å². The van der Waals surface area contributed by atoms with E-state index in [2.05, 4.69) is 66.1 Å². The van der Waals surface area contributed by atoms with Crippen LogP contribution in [0.25, 0.3) is 0 Å². The van der Waals surface area contributed by atoms with Gasteiger partial charge in [0, 0.05) is 19.0 Å². The highest BCUT2D eigenvalue weighted by Gasteiger charge is 2.21. The molecular weight excluding hydrogens is 260 g/mol. The SMILES string of the molecule is CNC(=O)CNC(C)C(c1ccccc1)c1ccccc1. The molecule has 21 heavy (non-hydrogen) atoms. The first kappa shape index (κ1) is 15.3. The van der Waals surface area contributed by atoms with Crippen molar-refractivity contribution in [3.8, 4) is 0 Å². The minimum absolute atomic E-state index is 0.00160. The van der Waals surface area contributed by atoms with E-state index >= 15 is 0 Å². The molecule has 0 aliphatic carbocycles. The zero-order chi connectivity index (χ0) is 15.1. The Morgan fingerprint density at radius 1 is 0.952 bits per heavy atom. The number of rotatable bonds is 6. The van der Waals surface area contributed by atoms with Crippen LogP contribution in [0.5, 0.6) is 0 Å². The van der Waals surface area contributed by atoms with Crippen LogP contribution in [0.2, 0.25) is 0 Å². The lowest BCUT2D eigenvalue weighted by molar-refractivity contribution is -0.119. The van der Waals surface area contributed by atoms with Crippen molar-refractivity contribution >= 4 is 5.91 Å². The Kier molecular flexibility index (Phi) is 5.52. The highest BCUT2D eigenvalue weighted by molar-refractivity contribution is 5.77. The van der Waals surface area contributed by atoms with Crippen LogP contribution in [0.4, 0.5) is 0 Å². The maximum Gasteiger partial charge on any atom is 0.233 e. The van der Waals surface area contributed by atoms with E-state index in [-0.39, 0.29) is 17.9 Å². The van der Waals surface area contributed by atoms with Crippen LogP contribution < -0.4 is 10.6 Å². The van der Waals surface area contributed by atoms with Gasteiger partial charge >= 0.3 is 0 Å². The molecule has 2 rings (SSSR count). The number of carbonyl (C=O) groups is 1. The Bertz CT molecular complexity index is 514. The Hall–Kier alpha value is -2.13. The molecule has 2 N–H and O–H groups in total. The largest absolute Gasteiger partial charge is 0.358 e. The second-order valence-corrected chi connectivity index (χ2v) is 5.14. The molecule has 2 aromatic carbocycles. The second kappa shape index (κ2) is 7.60. The van der Waals surface area contributed by atoms with Crippen LogP contribution in [0.1, 0.15) is 24.0 Å². The molecule has 0 aliphatic heterocycles. The fraction of sp³-hybridized carbons (Fsp3) is 0.278. The fourth-order valence-corrected chi connectivity index (χ4v) is 2.55. The number of carbonyl (C=O) groups excluding carboxylic acids is 1. The normalized spacial score (nSPS) is 12.1. The number of hydrogen-bond acceptors (Lipinski definition) is 2. The van der Waals surface area contributed by atoms with Gasteiger partial charge in [0.1, 0.15) is 0 Å². The third kappa shape index (κ3) is 4.17. The van der Waals surface area contributed by atoms with Crippen molar-refractivity contribution in [3.63, 3.8) is 0 Å². The van der Waals surface area contributed by atoms with Gasteiger partial charge in [0.05, 0.1) is 6.54 Å². The predicted molar refractivity (Wildman–Crippen MR) is 86.3 cm³/mol. The standard InChI is InChI=1S/C18H22N2O/c1-14(20-13-17(21)19-2)18(15-9-5-3-6-10-15)16-11-7-4-8-12-16/h3-12,14,18,20H,13H2,1-2H3,(H,19,21). The summed E-state index contributed by atoms with van der Waals surface area (Å²) in [6, 6.07) is 21.0. The van der Waals surface area contributed by atoms with Gasteiger partial charge < -0.3 is 10.6 Å². The van der Waals surface area contributed by atoms with Crippen molar-refractivity contribution in [1.29, 1.82) is 0 Å². The first-order valence-electron chi connectivity index (χ1n) is 7.26. The summed E-state index contributed by atoms with van der Waals surface area (Å²) in [6.07, 6.45) is 0. The van der Waals surface area contributed by atoms with Gasteiger partial charge in [-0.2, -0.15) is 0 Å². The Balaban J connectivity index is 2.22. The predicted octanol–water partition coefficient (Wildman–Crippen LogP) is 2.54. The van der Waals surface area contributed by atoms with E-state index in [9.17, 15) is 4.79 Å². The molecule has 0 spiro atoms. The smallest absolute Gasteiger partial charge is 0.233 e. The van der Waals surface area contributed by atoms with E-state index in [0.29, 0.717) is 6.54 Å². The van der Waals surface area contributed by atoms with Crippen LogP contribution in [-0.2, 0) is 4.79 Å². The number of benzene rings is 2. The average molecular weight is 282 g/mol. The van der Waals surface area contributed by atoms with E-state index < -0.39 is 0 Å². The number of likely N-dealkylation sites (N-methyl/N-ethyl adjacent to an activating group) is 1. The topological polar surface area (TPSA) is 41.1 Å². The molecular formula is C18H22N2O. The van der Waals surface area contributed by atoms with E-state index in [0.717, 1.165) is 0 Å². The lowest BCUT2D eigenvalue weighted by Gasteiger charge is -2.26. The molecule has 0 aliphatic rings. The molecule has 2 aromatic rings. The van der Waals surface area contributed by atoms with Crippen LogP contribution >= 0.6 is 0 Å². The molecule has 1 amide bonds. The number of hydrogen-bond donors (Lipinski definition) is 2. The summed E-state index contributed by atoms with van der Waals surface area (Å²) in [4.78, 5) is 11.4. The molecule has 3 heteroatoms. The van der Waals surface area contributed by atoms with Crippen molar-refractivity contribution in [2.75, 3.05) is 13.6 Å². The monoisotopic (exact) mass is 282 g/mol. The fourth-order valence-electron chi connectivity index (χ4n) is 2.55. The molecule has 0 saturated carbocycles. The second-order valence-electron chi connectivity index (χ2n) is 5.14. The lowest BCUT2D eigenvalue weighted by atomic mass is 9.86. The van der Waals surface area contributed by atoms with Crippen LogP contribution in [0, 0.1) is 0 Å². The molecule has 0 bridgehead atoms. The zero-order valence-electron chi connectivity index (χ0n) is 12.5. The highest BCUT2D eigenvalue weighted by atomic mass is 16.1. The van der Waals surface area contributed by atoms with E-state index in [1.165, 1.54) is 11.1 Å². The average Bonchev–Trinajstić information content (AvgIpc) is 2.55. The van der Waals surface area contributed by atoms with E-state index in [1.807, 2.05) is 12.1 Å². The molecule has 0 radical (unpaired) electrons. The molecule has 110 valence electrons. The minimum Gasteiger partial charge on any atom is -0.358 e. The van der Waals surface area contributed by atoms with Crippen LogP contribution in [-0.4, -0.2) is 25.5 Å². The maximum absolute atomic E-state index is 11.4. The molecule has 1 unspecified atom stereocenters. The Morgan fingerprint density at radius 2 is 1.43 bits per heavy atom. The quantitative estimate of drug-likeness (QED) is 0.855. The van der Waals surface area contributed by atoms with Gasteiger partial charge in [-0.15, -0.1) is 0 Å². The van der Waals surface area contributed by atoms with Gasteiger partial charge in [-0.1, -0.05) is 60.7 Å². The van der Waals surface area contributed by atoms with Gasteiger partial charge in [0.25, 0.3) is 0 Å². The summed E-state index contributed by atoms with van der Waals surface area (Å²) in [7, 11) is 1.65. The van der Waals surface area contributed by atoms with Gasteiger partial charge in [-0.05, 0) is 18.1 Å². The molecule has 1 atom stereocenters. The summed E-state index contributed by atoms with van der Waals surface area (Å²) >= 11 is 0. The molecule has 3 nitrogen and oxygen atoms in total. The summed E-state index contributed by atoms with van der Waals surface area (Å²) < 4.78 is 0.